The lowest BCUT2D eigenvalue weighted by atomic mass is 10.1. The molecule has 0 aliphatic heterocycles. The minimum Gasteiger partial charge on any atom is -0.477 e. The maximum absolute atomic E-state index is 12.8. The number of hydrogen-bond acceptors (Lipinski definition) is 6. The molecule has 4 heterocycles. The molecule has 11 heteroatoms. The Bertz CT molecular complexity index is 1410. The van der Waals surface area contributed by atoms with E-state index in [2.05, 4.69) is 15.1 Å². The summed E-state index contributed by atoms with van der Waals surface area (Å²) in [5.74, 6) is -1.22. The highest BCUT2D eigenvalue weighted by molar-refractivity contribution is 7.89. The lowest BCUT2D eigenvalue weighted by Crippen LogP contribution is -2.24. The van der Waals surface area contributed by atoms with E-state index in [0.29, 0.717) is 11.3 Å². The molecule has 0 aliphatic carbocycles. The van der Waals surface area contributed by atoms with Gasteiger partial charge < -0.3 is 9.67 Å². The van der Waals surface area contributed by atoms with Gasteiger partial charge in [0.25, 0.3) is 10.0 Å². The van der Waals surface area contributed by atoms with Crippen LogP contribution in [0.4, 0.5) is 0 Å². The van der Waals surface area contributed by atoms with Crippen LogP contribution in [0.5, 0.6) is 0 Å². The molecular weight excluding hydrogens is 420 g/mol. The Kier molecular flexibility index (Phi) is 5.03. The van der Waals surface area contributed by atoms with Crippen molar-refractivity contribution in [2.45, 2.75) is 5.03 Å². The number of hydrogen-bond donors (Lipinski definition) is 1. The Balaban J connectivity index is 1.65. The summed E-state index contributed by atoms with van der Waals surface area (Å²) in [6.07, 6.45) is 8.27. The van der Waals surface area contributed by atoms with E-state index in [0.717, 1.165) is 20.1 Å². The minimum absolute atomic E-state index is 0.138. The number of sulfonamides is 1. The molecule has 0 radical (unpaired) electrons. The van der Waals surface area contributed by atoms with E-state index < -0.39 is 16.0 Å². The van der Waals surface area contributed by atoms with Gasteiger partial charge >= 0.3 is 5.97 Å². The van der Waals surface area contributed by atoms with E-state index in [-0.39, 0.29) is 10.7 Å². The number of imidazole rings is 1. The maximum Gasteiger partial charge on any atom is 0.352 e. The van der Waals surface area contributed by atoms with Gasteiger partial charge in [-0.25, -0.2) is 9.78 Å². The van der Waals surface area contributed by atoms with E-state index in [4.69, 9.17) is 5.11 Å². The molecule has 0 saturated carbocycles. The number of fused-ring (bicyclic) bond motifs is 1. The van der Waals surface area contributed by atoms with Gasteiger partial charge in [0.05, 0.1) is 18.1 Å². The molecule has 0 aliphatic rings. The molecule has 0 bridgehead atoms. The first kappa shape index (κ1) is 20.3. The van der Waals surface area contributed by atoms with Gasteiger partial charge in [0, 0.05) is 43.8 Å². The van der Waals surface area contributed by atoms with Crippen molar-refractivity contribution in [3.8, 4) is 11.1 Å². The number of carboxylic acid groups (broad SMARTS) is 1. The van der Waals surface area contributed by atoms with Crippen LogP contribution in [0.25, 0.3) is 16.8 Å². The lowest BCUT2D eigenvalue weighted by Gasteiger charge is -2.14. The molecule has 4 aromatic heterocycles. The zero-order valence-electron chi connectivity index (χ0n) is 16.6. The van der Waals surface area contributed by atoms with E-state index in [9.17, 15) is 13.2 Å². The van der Waals surface area contributed by atoms with E-state index >= 15 is 0 Å². The molecule has 4 aromatic rings. The van der Waals surface area contributed by atoms with Gasteiger partial charge in [-0.3, -0.25) is 9.38 Å². The van der Waals surface area contributed by atoms with Crippen LogP contribution in [0.3, 0.4) is 0 Å². The first-order valence-electron chi connectivity index (χ1n) is 9.08. The first-order valence-corrected chi connectivity index (χ1v) is 10.5. The van der Waals surface area contributed by atoms with Crippen LogP contribution < -0.4 is 0 Å². The second kappa shape index (κ2) is 7.69. The highest BCUT2D eigenvalue weighted by Crippen LogP contribution is 2.20. The molecule has 0 saturated heterocycles. The number of rotatable bonds is 6. The predicted octanol–water partition coefficient (Wildman–Crippen LogP) is 2.09. The third-order valence-electron chi connectivity index (χ3n) is 4.79. The van der Waals surface area contributed by atoms with Gasteiger partial charge in [0.2, 0.25) is 0 Å². The van der Waals surface area contributed by atoms with Crippen molar-refractivity contribution in [3.05, 3.63) is 72.6 Å². The summed E-state index contributed by atoms with van der Waals surface area (Å²) in [7, 11) is -1.39. The topological polar surface area (TPSA) is 122 Å². The standard InChI is InChI=1S/C20H18N6O4S/c1-24-17(20(27)28)6-8-19(24)31(29,30)25(2)23-12-16-11-22-18-7-5-15(13-26(16)18)14-4-3-9-21-10-14/h3-13H,1-2H3,(H,27,28). The fourth-order valence-electron chi connectivity index (χ4n) is 3.10. The molecule has 0 amide bonds. The fourth-order valence-corrected chi connectivity index (χ4v) is 4.23. The van der Waals surface area contributed by atoms with Crippen LogP contribution in [-0.2, 0) is 17.1 Å². The number of carboxylic acids is 1. The third kappa shape index (κ3) is 3.66. The number of pyridine rings is 2. The van der Waals surface area contributed by atoms with Crippen molar-refractivity contribution >= 4 is 27.9 Å². The van der Waals surface area contributed by atoms with Crippen molar-refractivity contribution in [3.63, 3.8) is 0 Å². The number of carbonyl (C=O) groups is 1. The summed E-state index contributed by atoms with van der Waals surface area (Å²) in [4.78, 5) is 19.6. The Morgan fingerprint density at radius 1 is 1.16 bits per heavy atom. The van der Waals surface area contributed by atoms with Gasteiger partial charge in [-0.2, -0.15) is 17.9 Å². The molecule has 0 spiro atoms. The van der Waals surface area contributed by atoms with Crippen molar-refractivity contribution < 1.29 is 18.3 Å². The van der Waals surface area contributed by atoms with Gasteiger partial charge in [-0.1, -0.05) is 6.07 Å². The highest BCUT2D eigenvalue weighted by Gasteiger charge is 2.25. The second-order valence-electron chi connectivity index (χ2n) is 6.68. The lowest BCUT2D eigenvalue weighted by molar-refractivity contribution is 0.0685. The van der Waals surface area contributed by atoms with Crippen LogP contribution in [-0.4, -0.2) is 56.1 Å². The van der Waals surface area contributed by atoms with Gasteiger partial charge in [-0.05, 0) is 30.3 Å². The SMILES string of the molecule is CN(N=Cc1cnc2ccc(-c3cccnc3)cn12)S(=O)(=O)c1ccc(C(=O)O)n1C. The van der Waals surface area contributed by atoms with Crippen LogP contribution in [0.15, 0.2) is 71.3 Å². The Morgan fingerprint density at radius 2 is 1.97 bits per heavy atom. The summed E-state index contributed by atoms with van der Waals surface area (Å²) in [6.45, 7) is 0. The van der Waals surface area contributed by atoms with E-state index in [1.807, 2.05) is 30.5 Å². The molecule has 4 rings (SSSR count). The third-order valence-corrected chi connectivity index (χ3v) is 6.52. The van der Waals surface area contributed by atoms with Crippen molar-refractivity contribution in [1.82, 2.24) is 23.3 Å². The molecule has 0 fully saturated rings. The zero-order chi connectivity index (χ0) is 22.2. The van der Waals surface area contributed by atoms with Crippen molar-refractivity contribution in [1.29, 1.82) is 0 Å². The zero-order valence-corrected chi connectivity index (χ0v) is 17.4. The number of aromatic nitrogens is 4. The van der Waals surface area contributed by atoms with Crippen LogP contribution in [0.1, 0.15) is 16.2 Å². The summed E-state index contributed by atoms with van der Waals surface area (Å²) in [6, 6.07) is 10.0. The normalized spacial score (nSPS) is 11.9. The average molecular weight is 438 g/mol. The van der Waals surface area contributed by atoms with Crippen LogP contribution in [0.2, 0.25) is 0 Å². The second-order valence-corrected chi connectivity index (χ2v) is 8.57. The summed E-state index contributed by atoms with van der Waals surface area (Å²) >= 11 is 0. The predicted molar refractivity (Wildman–Crippen MR) is 113 cm³/mol. The summed E-state index contributed by atoms with van der Waals surface area (Å²) in [5.41, 5.74) is 2.95. The Labute approximate surface area is 177 Å². The minimum atomic E-state index is -4.04. The Morgan fingerprint density at radius 3 is 2.65 bits per heavy atom. The average Bonchev–Trinajstić information content (AvgIpc) is 3.35. The molecule has 1 N–H and O–H groups in total. The fraction of sp³-hybridized carbons (Fsp3) is 0.100. The highest BCUT2D eigenvalue weighted by atomic mass is 32.2. The van der Waals surface area contributed by atoms with E-state index in [1.54, 1.807) is 23.0 Å². The maximum atomic E-state index is 12.8. The molecule has 158 valence electrons. The number of nitrogens with zero attached hydrogens (tertiary/aromatic N) is 6. The molecule has 10 nitrogen and oxygen atoms in total. The molecular formula is C20H18N6O4S. The van der Waals surface area contributed by atoms with Gasteiger partial charge in [-0.15, -0.1) is 0 Å². The quantitative estimate of drug-likeness (QED) is 0.363. The van der Waals surface area contributed by atoms with Crippen LogP contribution >= 0.6 is 0 Å². The Hall–Kier alpha value is -3.99. The smallest absolute Gasteiger partial charge is 0.352 e. The molecule has 0 atom stereocenters. The number of aromatic carboxylic acids is 1. The summed E-state index contributed by atoms with van der Waals surface area (Å²) < 4.78 is 29.3. The van der Waals surface area contributed by atoms with Crippen molar-refractivity contribution in [2.75, 3.05) is 7.05 Å². The first-order chi connectivity index (χ1) is 14.8. The van der Waals surface area contributed by atoms with E-state index in [1.165, 1.54) is 32.4 Å². The molecule has 31 heavy (non-hydrogen) atoms. The largest absolute Gasteiger partial charge is 0.477 e. The van der Waals surface area contributed by atoms with Crippen LogP contribution in [0, 0.1) is 0 Å². The van der Waals surface area contributed by atoms with Crippen molar-refractivity contribution in [2.24, 2.45) is 12.1 Å². The monoisotopic (exact) mass is 438 g/mol. The molecule has 0 aromatic carbocycles. The van der Waals surface area contributed by atoms with Gasteiger partial charge in [0.1, 0.15) is 11.3 Å². The number of hydrazone groups is 1. The molecule has 0 unspecified atom stereocenters. The summed E-state index contributed by atoms with van der Waals surface area (Å²) in [5, 5.41) is 13.0. The van der Waals surface area contributed by atoms with Gasteiger partial charge in [0.15, 0.2) is 5.03 Å².